The number of amides is 1. The Morgan fingerprint density at radius 3 is 2.83 bits per heavy atom. The first kappa shape index (κ1) is 15.3. The molecule has 8 heteroatoms. The lowest BCUT2D eigenvalue weighted by molar-refractivity contribution is -0.385. The van der Waals surface area contributed by atoms with Crippen molar-refractivity contribution in [1.29, 1.82) is 0 Å². The van der Waals surface area contributed by atoms with Crippen LogP contribution in [-0.2, 0) is 6.54 Å². The van der Waals surface area contributed by atoms with Crippen molar-refractivity contribution in [2.75, 3.05) is 0 Å². The molecule has 1 aromatic carbocycles. The van der Waals surface area contributed by atoms with Gasteiger partial charge in [0.1, 0.15) is 0 Å². The van der Waals surface area contributed by atoms with Crippen LogP contribution in [0.5, 0.6) is 0 Å². The van der Waals surface area contributed by atoms with Crippen molar-refractivity contribution in [2.24, 2.45) is 0 Å². The summed E-state index contributed by atoms with van der Waals surface area (Å²) in [5, 5.41) is 17.3. The number of nitrogens with zero attached hydrogens (tertiary/aromatic N) is 3. The smallest absolute Gasteiger partial charge is 0.274 e. The molecule has 0 spiro atoms. The minimum Gasteiger partial charge on any atom is -0.355 e. The van der Waals surface area contributed by atoms with E-state index in [2.05, 4.69) is 15.5 Å². The number of aromatic nitrogens is 2. The van der Waals surface area contributed by atoms with Crippen LogP contribution in [0.4, 0.5) is 5.69 Å². The zero-order valence-electron chi connectivity index (χ0n) is 12.4. The lowest BCUT2D eigenvalue weighted by Gasteiger charge is -2.03. The van der Waals surface area contributed by atoms with Crippen LogP contribution >= 0.6 is 0 Å². The minimum absolute atomic E-state index is 0.0189. The van der Waals surface area contributed by atoms with Crippen LogP contribution in [0.2, 0.25) is 0 Å². The van der Waals surface area contributed by atoms with E-state index in [1.54, 1.807) is 42.7 Å². The highest BCUT2D eigenvalue weighted by Gasteiger charge is 2.16. The minimum atomic E-state index is -0.488. The molecule has 120 valence electrons. The third kappa shape index (κ3) is 3.27. The van der Waals surface area contributed by atoms with Gasteiger partial charge in [0.2, 0.25) is 0 Å². The predicted molar refractivity (Wildman–Crippen MR) is 84.0 cm³/mol. The molecule has 2 aromatic heterocycles. The summed E-state index contributed by atoms with van der Waals surface area (Å²) in [7, 11) is 0. The Bertz CT molecular complexity index is 877. The van der Waals surface area contributed by atoms with E-state index in [4.69, 9.17) is 4.52 Å². The van der Waals surface area contributed by atoms with Gasteiger partial charge in [-0.1, -0.05) is 23.4 Å². The number of rotatable bonds is 5. The molecule has 0 aliphatic rings. The van der Waals surface area contributed by atoms with Gasteiger partial charge in [0.15, 0.2) is 11.5 Å². The molecular weight excluding hydrogens is 312 g/mol. The number of hydrogen-bond donors (Lipinski definition) is 1. The van der Waals surface area contributed by atoms with E-state index in [0.717, 1.165) is 0 Å². The molecule has 3 rings (SSSR count). The Balaban J connectivity index is 1.71. The van der Waals surface area contributed by atoms with Gasteiger partial charge in [-0.05, 0) is 12.1 Å². The number of nitro benzene ring substituents is 1. The van der Waals surface area contributed by atoms with Crippen LogP contribution in [-0.4, -0.2) is 21.0 Å². The van der Waals surface area contributed by atoms with Crippen molar-refractivity contribution in [3.05, 3.63) is 76.2 Å². The van der Waals surface area contributed by atoms with Crippen molar-refractivity contribution in [1.82, 2.24) is 15.5 Å². The van der Waals surface area contributed by atoms with Crippen molar-refractivity contribution in [3.63, 3.8) is 0 Å². The molecule has 3 aromatic rings. The summed E-state index contributed by atoms with van der Waals surface area (Å²) in [5.41, 5.74) is 1.15. The normalized spacial score (nSPS) is 10.3. The van der Waals surface area contributed by atoms with Gasteiger partial charge in [-0.25, -0.2) is 0 Å². The predicted octanol–water partition coefficient (Wildman–Crippen LogP) is 2.57. The number of hydrogen-bond acceptors (Lipinski definition) is 6. The molecular formula is C16H12N4O4. The first-order valence-corrected chi connectivity index (χ1v) is 7.03. The summed E-state index contributed by atoms with van der Waals surface area (Å²) < 4.78 is 5.13. The number of nitrogens with one attached hydrogen (secondary N) is 1. The van der Waals surface area contributed by atoms with Crippen molar-refractivity contribution >= 4 is 11.6 Å². The summed E-state index contributed by atoms with van der Waals surface area (Å²) in [6.45, 7) is 0.0189. The van der Waals surface area contributed by atoms with Crippen LogP contribution in [0.15, 0.2) is 59.4 Å². The first-order valence-electron chi connectivity index (χ1n) is 7.03. The van der Waals surface area contributed by atoms with E-state index in [9.17, 15) is 14.9 Å². The summed E-state index contributed by atoms with van der Waals surface area (Å²) in [6, 6.07) is 11.2. The molecule has 0 atom stereocenters. The van der Waals surface area contributed by atoms with Gasteiger partial charge in [0.05, 0.1) is 4.92 Å². The number of carbonyl (C=O) groups is 1. The van der Waals surface area contributed by atoms with E-state index >= 15 is 0 Å². The highest BCUT2D eigenvalue weighted by Crippen LogP contribution is 2.20. The summed E-state index contributed by atoms with van der Waals surface area (Å²) in [5.74, 6) is -0.0639. The molecule has 0 unspecified atom stereocenters. The highest BCUT2D eigenvalue weighted by atomic mass is 16.6. The third-order valence-corrected chi connectivity index (χ3v) is 3.32. The van der Waals surface area contributed by atoms with Gasteiger partial charge in [-0.3, -0.25) is 19.9 Å². The topological polar surface area (TPSA) is 111 Å². The summed E-state index contributed by atoms with van der Waals surface area (Å²) in [4.78, 5) is 26.6. The zero-order valence-corrected chi connectivity index (χ0v) is 12.4. The molecule has 0 aliphatic carbocycles. The average Bonchev–Trinajstić information content (AvgIpc) is 3.11. The van der Waals surface area contributed by atoms with E-state index < -0.39 is 10.8 Å². The van der Waals surface area contributed by atoms with Crippen LogP contribution in [0.3, 0.4) is 0 Å². The zero-order chi connectivity index (χ0) is 16.9. The van der Waals surface area contributed by atoms with Crippen LogP contribution < -0.4 is 5.32 Å². The Morgan fingerprint density at radius 1 is 1.25 bits per heavy atom. The van der Waals surface area contributed by atoms with Crippen molar-refractivity contribution in [2.45, 2.75) is 6.54 Å². The lowest BCUT2D eigenvalue weighted by Crippen LogP contribution is -2.23. The standard InChI is InChI=1S/C16H12N4O4/c21-16(18-10-11-4-1-2-6-14(11)20(22)23)13-8-15(24-19-13)12-5-3-7-17-9-12/h1-9H,10H2,(H,18,21). The number of nitro groups is 1. The molecule has 0 fully saturated rings. The van der Waals surface area contributed by atoms with E-state index in [1.807, 2.05) is 0 Å². The maximum atomic E-state index is 12.1. The van der Waals surface area contributed by atoms with E-state index in [-0.39, 0.29) is 17.9 Å². The molecule has 0 saturated heterocycles. The van der Waals surface area contributed by atoms with Gasteiger partial charge in [-0.15, -0.1) is 0 Å². The third-order valence-electron chi connectivity index (χ3n) is 3.32. The number of pyridine rings is 1. The molecule has 0 saturated carbocycles. The fourth-order valence-corrected chi connectivity index (χ4v) is 2.13. The van der Waals surface area contributed by atoms with Gasteiger partial charge >= 0.3 is 0 Å². The van der Waals surface area contributed by atoms with Crippen molar-refractivity contribution in [3.8, 4) is 11.3 Å². The number of benzene rings is 1. The van der Waals surface area contributed by atoms with Gasteiger partial charge in [-0.2, -0.15) is 0 Å². The lowest BCUT2D eigenvalue weighted by atomic mass is 10.2. The Hall–Kier alpha value is -3.55. The maximum absolute atomic E-state index is 12.1. The largest absolute Gasteiger partial charge is 0.355 e. The second-order valence-corrected chi connectivity index (χ2v) is 4.89. The van der Waals surface area contributed by atoms with Crippen molar-refractivity contribution < 1.29 is 14.2 Å². The number of carbonyl (C=O) groups excluding carboxylic acids is 1. The van der Waals surface area contributed by atoms with Gasteiger partial charge < -0.3 is 9.84 Å². The second kappa shape index (κ2) is 6.69. The maximum Gasteiger partial charge on any atom is 0.274 e. The molecule has 24 heavy (non-hydrogen) atoms. The fourth-order valence-electron chi connectivity index (χ4n) is 2.13. The van der Waals surface area contributed by atoms with Gasteiger partial charge in [0.25, 0.3) is 11.6 Å². The summed E-state index contributed by atoms with van der Waals surface area (Å²) >= 11 is 0. The SMILES string of the molecule is O=C(NCc1ccccc1[N+](=O)[O-])c1cc(-c2cccnc2)on1. The van der Waals surface area contributed by atoms with Crippen LogP contribution in [0.1, 0.15) is 16.1 Å². The second-order valence-electron chi connectivity index (χ2n) is 4.89. The van der Waals surface area contributed by atoms with Gasteiger partial charge in [0, 0.05) is 42.2 Å². The highest BCUT2D eigenvalue weighted by molar-refractivity contribution is 5.93. The van der Waals surface area contributed by atoms with Crippen LogP contribution in [0.25, 0.3) is 11.3 Å². The van der Waals surface area contributed by atoms with E-state index in [1.165, 1.54) is 12.1 Å². The van der Waals surface area contributed by atoms with Crippen LogP contribution in [0, 0.1) is 10.1 Å². The molecule has 0 bridgehead atoms. The Labute approximate surface area is 136 Å². The molecule has 0 aliphatic heterocycles. The fraction of sp³-hybridized carbons (Fsp3) is 0.0625. The molecule has 2 heterocycles. The molecule has 1 amide bonds. The monoisotopic (exact) mass is 324 g/mol. The molecule has 0 radical (unpaired) electrons. The Morgan fingerprint density at radius 2 is 2.08 bits per heavy atom. The molecule has 1 N–H and O–H groups in total. The summed E-state index contributed by atoms with van der Waals surface area (Å²) in [6.07, 6.45) is 3.22. The molecule has 8 nitrogen and oxygen atoms in total. The Kier molecular flexibility index (Phi) is 4.28. The number of para-hydroxylation sites is 1. The van der Waals surface area contributed by atoms with E-state index in [0.29, 0.717) is 16.9 Å². The quantitative estimate of drug-likeness (QED) is 0.570. The average molecular weight is 324 g/mol. The first-order chi connectivity index (χ1) is 11.6.